The molecule has 0 aliphatic heterocycles. The van der Waals surface area contributed by atoms with Gasteiger partial charge in [0.05, 0.1) is 28.6 Å². The molecule has 0 unspecified atom stereocenters. The van der Waals surface area contributed by atoms with Gasteiger partial charge in [-0.2, -0.15) is 0 Å². The third-order valence-electron chi connectivity index (χ3n) is 4.30. The van der Waals surface area contributed by atoms with Crippen LogP contribution in [-0.4, -0.2) is 39.0 Å². The Hall–Kier alpha value is -3.30. The number of nitrogens with zero attached hydrogens (tertiary/aromatic N) is 3. The maximum absolute atomic E-state index is 12.5. The molecule has 1 amide bonds. The number of hydrogen-bond acceptors (Lipinski definition) is 7. The summed E-state index contributed by atoms with van der Waals surface area (Å²) < 4.78 is 12.6. The van der Waals surface area contributed by atoms with Crippen molar-refractivity contribution in [2.75, 3.05) is 17.7 Å². The molecule has 10 heteroatoms. The Labute approximate surface area is 200 Å². The molecule has 0 fully saturated rings. The van der Waals surface area contributed by atoms with E-state index in [4.69, 9.17) is 21.1 Å². The van der Waals surface area contributed by atoms with Crippen LogP contribution >= 0.6 is 23.4 Å². The van der Waals surface area contributed by atoms with Crippen LogP contribution in [-0.2, 0) is 22.7 Å². The lowest BCUT2D eigenvalue weighted by Crippen LogP contribution is -2.16. The smallest absolute Gasteiger partial charge is 0.338 e. The molecule has 0 saturated carbocycles. The molecule has 0 bridgehead atoms. The van der Waals surface area contributed by atoms with Crippen molar-refractivity contribution in [3.63, 3.8) is 0 Å². The summed E-state index contributed by atoms with van der Waals surface area (Å²) >= 11 is 7.39. The Bertz CT molecular complexity index is 1120. The van der Waals surface area contributed by atoms with Crippen molar-refractivity contribution in [2.45, 2.75) is 25.2 Å². The minimum atomic E-state index is -0.484. The van der Waals surface area contributed by atoms with Gasteiger partial charge in [-0.3, -0.25) is 9.36 Å². The van der Waals surface area contributed by atoms with E-state index in [1.807, 2.05) is 34.9 Å². The first-order valence-electron chi connectivity index (χ1n) is 10.1. The van der Waals surface area contributed by atoms with Gasteiger partial charge in [0, 0.05) is 6.54 Å². The predicted molar refractivity (Wildman–Crippen MR) is 128 cm³/mol. The number of hydrogen-bond donors (Lipinski definition) is 1. The summed E-state index contributed by atoms with van der Waals surface area (Å²) in [5.41, 5.74) is 0.635. The van der Waals surface area contributed by atoms with Crippen molar-refractivity contribution in [1.29, 1.82) is 0 Å². The molecule has 3 aromatic rings. The van der Waals surface area contributed by atoms with Crippen LogP contribution in [0.25, 0.3) is 0 Å². The van der Waals surface area contributed by atoms with Gasteiger partial charge < -0.3 is 14.8 Å². The number of ether oxygens (including phenoxy) is 2. The molecule has 8 nitrogen and oxygen atoms in total. The van der Waals surface area contributed by atoms with E-state index in [1.165, 1.54) is 23.9 Å². The summed E-state index contributed by atoms with van der Waals surface area (Å²) in [4.78, 5) is 24.5. The van der Waals surface area contributed by atoms with E-state index in [-0.39, 0.29) is 24.9 Å². The highest BCUT2D eigenvalue weighted by atomic mass is 35.5. The van der Waals surface area contributed by atoms with E-state index >= 15 is 0 Å². The van der Waals surface area contributed by atoms with E-state index in [9.17, 15) is 9.59 Å². The molecule has 0 saturated heterocycles. The second-order valence-electron chi connectivity index (χ2n) is 6.65. The van der Waals surface area contributed by atoms with Crippen LogP contribution in [0.1, 0.15) is 23.1 Å². The lowest BCUT2D eigenvalue weighted by Gasteiger charge is -2.10. The first-order chi connectivity index (χ1) is 16.0. The van der Waals surface area contributed by atoms with Gasteiger partial charge in [0.15, 0.2) is 11.0 Å². The monoisotopic (exact) mass is 486 g/mol. The van der Waals surface area contributed by atoms with Gasteiger partial charge in [-0.05, 0) is 37.3 Å². The molecule has 1 N–H and O–H groups in total. The molecule has 33 heavy (non-hydrogen) atoms. The molecule has 1 heterocycles. The van der Waals surface area contributed by atoms with Crippen LogP contribution in [0.15, 0.2) is 66.3 Å². The van der Waals surface area contributed by atoms with Crippen molar-refractivity contribution in [3.8, 4) is 5.75 Å². The van der Waals surface area contributed by atoms with Crippen molar-refractivity contribution in [3.05, 3.63) is 77.6 Å². The zero-order valence-corrected chi connectivity index (χ0v) is 19.6. The highest BCUT2D eigenvalue weighted by molar-refractivity contribution is 7.99. The molecular weight excluding hydrogens is 464 g/mol. The van der Waals surface area contributed by atoms with Gasteiger partial charge in [-0.1, -0.05) is 47.6 Å². The van der Waals surface area contributed by atoms with Gasteiger partial charge in [-0.15, -0.1) is 16.8 Å². The molecular formula is C23H23ClN4O4S. The standard InChI is InChI=1S/C23H23ClN4O4S/c1-3-12-28-20(14-32-17-8-6-5-7-9-17)26-27-23(28)33-15-21(29)25-19-13-16(10-11-18(19)24)22(30)31-4-2/h3,5-11,13H,1,4,12,14-15H2,2H3,(H,25,29). The van der Waals surface area contributed by atoms with E-state index in [2.05, 4.69) is 22.1 Å². The van der Waals surface area contributed by atoms with Crippen LogP contribution < -0.4 is 10.1 Å². The van der Waals surface area contributed by atoms with Gasteiger partial charge in [0.2, 0.25) is 5.91 Å². The third-order valence-corrected chi connectivity index (χ3v) is 5.60. The fraction of sp³-hybridized carbons (Fsp3) is 0.217. The van der Waals surface area contributed by atoms with E-state index in [0.717, 1.165) is 5.75 Å². The molecule has 0 aliphatic carbocycles. The zero-order chi connectivity index (χ0) is 23.6. The van der Waals surface area contributed by atoms with Gasteiger partial charge >= 0.3 is 5.97 Å². The molecule has 2 aromatic carbocycles. The number of thioether (sulfide) groups is 1. The highest BCUT2D eigenvalue weighted by Gasteiger charge is 2.16. The lowest BCUT2D eigenvalue weighted by atomic mass is 10.2. The van der Waals surface area contributed by atoms with Crippen LogP contribution in [0.2, 0.25) is 5.02 Å². The van der Waals surface area contributed by atoms with Crippen molar-refractivity contribution >= 4 is 40.9 Å². The average Bonchev–Trinajstić information content (AvgIpc) is 3.20. The molecule has 172 valence electrons. The Balaban J connectivity index is 1.63. The molecule has 0 aliphatic rings. The molecule has 0 atom stereocenters. The Morgan fingerprint density at radius 2 is 2.00 bits per heavy atom. The number of carbonyl (C=O) groups excluding carboxylic acids is 2. The van der Waals surface area contributed by atoms with Gasteiger partial charge in [0.1, 0.15) is 12.4 Å². The predicted octanol–water partition coefficient (Wildman–Crippen LogP) is 4.60. The Morgan fingerprint density at radius 3 is 2.73 bits per heavy atom. The van der Waals surface area contributed by atoms with Crippen molar-refractivity contribution < 1.29 is 19.1 Å². The number of benzene rings is 2. The second kappa shape index (κ2) is 12.1. The summed E-state index contributed by atoms with van der Waals surface area (Å²) in [7, 11) is 0. The zero-order valence-electron chi connectivity index (χ0n) is 18.0. The summed E-state index contributed by atoms with van der Waals surface area (Å²) in [6.45, 7) is 6.45. The van der Waals surface area contributed by atoms with E-state index in [0.29, 0.717) is 33.8 Å². The fourth-order valence-electron chi connectivity index (χ4n) is 2.79. The number of nitrogens with one attached hydrogen (secondary N) is 1. The molecule has 1 aromatic heterocycles. The number of carbonyl (C=O) groups is 2. The minimum Gasteiger partial charge on any atom is -0.486 e. The fourth-order valence-corrected chi connectivity index (χ4v) is 3.72. The summed E-state index contributed by atoms with van der Waals surface area (Å²) in [6.07, 6.45) is 1.72. The first-order valence-corrected chi connectivity index (χ1v) is 11.5. The third kappa shape index (κ3) is 6.84. The topological polar surface area (TPSA) is 95.3 Å². The average molecular weight is 487 g/mol. The maximum Gasteiger partial charge on any atom is 0.338 e. The van der Waals surface area contributed by atoms with Crippen LogP contribution in [0.5, 0.6) is 5.75 Å². The van der Waals surface area contributed by atoms with Crippen molar-refractivity contribution in [2.24, 2.45) is 0 Å². The number of anilines is 1. The molecule has 0 spiro atoms. The number of aromatic nitrogens is 3. The van der Waals surface area contributed by atoms with Gasteiger partial charge in [0.25, 0.3) is 0 Å². The number of esters is 1. The van der Waals surface area contributed by atoms with Crippen LogP contribution in [0.3, 0.4) is 0 Å². The number of amides is 1. The SMILES string of the molecule is C=CCn1c(COc2ccccc2)nnc1SCC(=O)Nc1cc(C(=O)OCC)ccc1Cl. The summed E-state index contributed by atoms with van der Waals surface area (Å²) in [5, 5.41) is 12.0. The van der Waals surface area contributed by atoms with Crippen LogP contribution in [0.4, 0.5) is 5.69 Å². The number of para-hydroxylation sites is 1. The Morgan fingerprint density at radius 1 is 1.21 bits per heavy atom. The Kier molecular flexibility index (Phi) is 8.91. The largest absolute Gasteiger partial charge is 0.486 e. The van der Waals surface area contributed by atoms with E-state index < -0.39 is 5.97 Å². The number of allylic oxidation sites excluding steroid dienone is 1. The number of halogens is 1. The summed E-state index contributed by atoms with van der Waals surface area (Å²) in [5.74, 6) is 0.613. The van der Waals surface area contributed by atoms with E-state index in [1.54, 1.807) is 19.1 Å². The molecule has 3 rings (SSSR count). The normalized spacial score (nSPS) is 10.5. The highest BCUT2D eigenvalue weighted by Crippen LogP contribution is 2.25. The first kappa shape index (κ1) is 24.3. The van der Waals surface area contributed by atoms with Crippen molar-refractivity contribution in [1.82, 2.24) is 14.8 Å². The minimum absolute atomic E-state index is 0.0643. The lowest BCUT2D eigenvalue weighted by molar-refractivity contribution is -0.113. The quantitative estimate of drug-likeness (QED) is 0.240. The van der Waals surface area contributed by atoms with Gasteiger partial charge in [-0.25, -0.2) is 4.79 Å². The summed E-state index contributed by atoms with van der Waals surface area (Å²) in [6, 6.07) is 14.0. The van der Waals surface area contributed by atoms with Crippen LogP contribution in [0, 0.1) is 0 Å². The maximum atomic E-state index is 12.5. The molecule has 0 radical (unpaired) electrons. The number of rotatable bonds is 11. The second-order valence-corrected chi connectivity index (χ2v) is 8.00.